The average molecular weight is 251 g/mol. The van der Waals surface area contributed by atoms with E-state index in [4.69, 9.17) is 5.11 Å². The molecule has 18 heavy (non-hydrogen) atoms. The number of rotatable bonds is 5. The summed E-state index contributed by atoms with van der Waals surface area (Å²) in [5.74, 6) is -1.08. The van der Waals surface area contributed by atoms with Crippen molar-refractivity contribution in [2.24, 2.45) is 0 Å². The summed E-state index contributed by atoms with van der Waals surface area (Å²) in [5, 5.41) is 12.5. The molecule has 1 aromatic carbocycles. The zero-order valence-corrected chi connectivity index (χ0v) is 10.5. The van der Waals surface area contributed by atoms with E-state index in [0.717, 1.165) is 36.9 Å². The van der Waals surface area contributed by atoms with Crippen molar-refractivity contribution in [1.29, 1.82) is 0 Å². The molecule has 0 aliphatic heterocycles. The number of carboxylic acids is 1. The molecule has 0 amide bonds. The summed E-state index contributed by atoms with van der Waals surface area (Å²) in [6, 6.07) is 4.66. The van der Waals surface area contributed by atoms with E-state index < -0.39 is 11.5 Å². The van der Waals surface area contributed by atoms with Gasteiger partial charge in [0.2, 0.25) is 0 Å². The van der Waals surface area contributed by atoms with Crippen LogP contribution < -0.4 is 5.32 Å². The second-order valence-electron chi connectivity index (χ2n) is 4.88. The molecule has 1 aliphatic rings. The Balaban J connectivity index is 2.35. The Labute approximate surface area is 106 Å². The second kappa shape index (κ2) is 5.06. The second-order valence-corrected chi connectivity index (χ2v) is 4.88. The van der Waals surface area contributed by atoms with Crippen LogP contribution in [0, 0.1) is 5.82 Å². The molecule has 0 spiro atoms. The zero-order valence-electron chi connectivity index (χ0n) is 10.5. The van der Waals surface area contributed by atoms with Gasteiger partial charge < -0.3 is 10.4 Å². The van der Waals surface area contributed by atoms with E-state index in [1.165, 1.54) is 12.1 Å². The topological polar surface area (TPSA) is 49.3 Å². The summed E-state index contributed by atoms with van der Waals surface area (Å²) < 4.78 is 13.2. The molecule has 0 saturated carbocycles. The molecule has 0 fully saturated rings. The van der Waals surface area contributed by atoms with Crippen LogP contribution >= 0.6 is 0 Å². The van der Waals surface area contributed by atoms with Crippen molar-refractivity contribution in [2.75, 3.05) is 6.54 Å². The molecule has 98 valence electrons. The van der Waals surface area contributed by atoms with Crippen molar-refractivity contribution < 1.29 is 14.3 Å². The van der Waals surface area contributed by atoms with Crippen LogP contribution in [0.15, 0.2) is 18.2 Å². The van der Waals surface area contributed by atoms with Gasteiger partial charge in [0.25, 0.3) is 0 Å². The molecule has 0 aromatic heterocycles. The van der Waals surface area contributed by atoms with E-state index in [9.17, 15) is 9.18 Å². The molecule has 2 N–H and O–H groups in total. The molecule has 4 heteroatoms. The number of nitrogens with one attached hydrogen (secondary N) is 1. The highest BCUT2D eigenvalue weighted by molar-refractivity contribution is 5.69. The normalized spacial score (nSPS) is 21.9. The van der Waals surface area contributed by atoms with E-state index >= 15 is 0 Å². The number of hydrogen-bond acceptors (Lipinski definition) is 2. The first-order chi connectivity index (χ1) is 8.57. The van der Waals surface area contributed by atoms with Gasteiger partial charge in [0.1, 0.15) is 5.82 Å². The van der Waals surface area contributed by atoms with Gasteiger partial charge in [0.05, 0.1) is 12.0 Å². The molecule has 0 saturated heterocycles. The van der Waals surface area contributed by atoms with Crippen molar-refractivity contribution in [3.63, 3.8) is 0 Å². The van der Waals surface area contributed by atoms with E-state index in [-0.39, 0.29) is 12.2 Å². The lowest BCUT2D eigenvalue weighted by Gasteiger charge is -2.30. The van der Waals surface area contributed by atoms with Crippen molar-refractivity contribution in [3.8, 4) is 0 Å². The maximum Gasteiger partial charge on any atom is 0.305 e. The Hall–Kier alpha value is -1.42. The highest BCUT2D eigenvalue weighted by Gasteiger charge is 2.40. The fraction of sp³-hybridized carbons (Fsp3) is 0.500. The van der Waals surface area contributed by atoms with Gasteiger partial charge in [-0.15, -0.1) is 0 Å². The van der Waals surface area contributed by atoms with Crippen LogP contribution in [-0.2, 0) is 16.8 Å². The molecule has 0 bridgehead atoms. The lowest BCUT2D eigenvalue weighted by molar-refractivity contribution is -0.138. The lowest BCUT2D eigenvalue weighted by Crippen LogP contribution is -2.42. The number of halogens is 1. The molecular formula is C14H18FNO2. The third-order valence-corrected chi connectivity index (χ3v) is 3.57. The summed E-state index contributed by atoms with van der Waals surface area (Å²) in [4.78, 5) is 11.1. The summed E-state index contributed by atoms with van der Waals surface area (Å²) in [6.45, 7) is 2.81. The number of aryl methyl sites for hydroxylation is 1. The minimum absolute atomic E-state index is 0.0473. The summed E-state index contributed by atoms with van der Waals surface area (Å²) in [6.07, 6.45) is 2.44. The van der Waals surface area contributed by atoms with E-state index in [2.05, 4.69) is 5.32 Å². The first-order valence-electron chi connectivity index (χ1n) is 6.33. The molecule has 1 aliphatic carbocycles. The molecule has 0 heterocycles. The quantitative estimate of drug-likeness (QED) is 0.845. The van der Waals surface area contributed by atoms with E-state index in [0.29, 0.717) is 0 Å². The van der Waals surface area contributed by atoms with Crippen LogP contribution in [0.5, 0.6) is 0 Å². The number of carboxylic acid groups (broad SMARTS) is 1. The largest absolute Gasteiger partial charge is 0.481 e. The van der Waals surface area contributed by atoms with Crippen LogP contribution in [-0.4, -0.2) is 17.6 Å². The van der Waals surface area contributed by atoms with Crippen molar-refractivity contribution in [2.45, 2.75) is 38.1 Å². The Bertz CT molecular complexity index is 461. The molecular weight excluding hydrogens is 233 g/mol. The third kappa shape index (κ3) is 2.38. The number of benzene rings is 1. The number of fused-ring (bicyclic) bond motifs is 1. The van der Waals surface area contributed by atoms with Gasteiger partial charge >= 0.3 is 5.97 Å². The monoisotopic (exact) mass is 251 g/mol. The zero-order chi connectivity index (χ0) is 13.2. The third-order valence-electron chi connectivity index (χ3n) is 3.57. The number of hydrogen-bond donors (Lipinski definition) is 2. The Morgan fingerprint density at radius 3 is 3.00 bits per heavy atom. The van der Waals surface area contributed by atoms with Crippen molar-refractivity contribution in [3.05, 3.63) is 35.1 Å². The summed E-state index contributed by atoms with van der Waals surface area (Å²) in [5.41, 5.74) is 1.35. The van der Waals surface area contributed by atoms with Crippen LogP contribution in [0.1, 0.15) is 37.3 Å². The Morgan fingerprint density at radius 1 is 1.56 bits per heavy atom. The Morgan fingerprint density at radius 2 is 2.33 bits per heavy atom. The van der Waals surface area contributed by atoms with Gasteiger partial charge in [0, 0.05) is 0 Å². The van der Waals surface area contributed by atoms with Crippen LogP contribution in [0.25, 0.3) is 0 Å². The summed E-state index contributed by atoms with van der Waals surface area (Å²) >= 11 is 0. The molecule has 1 aromatic rings. The van der Waals surface area contributed by atoms with Crippen LogP contribution in [0.4, 0.5) is 4.39 Å². The first kappa shape index (κ1) is 13.0. The van der Waals surface area contributed by atoms with E-state index in [1.807, 2.05) is 6.92 Å². The van der Waals surface area contributed by atoms with Gasteiger partial charge in [-0.05, 0) is 49.1 Å². The fourth-order valence-corrected chi connectivity index (χ4v) is 2.77. The van der Waals surface area contributed by atoms with Gasteiger partial charge in [0.15, 0.2) is 0 Å². The van der Waals surface area contributed by atoms with Crippen LogP contribution in [0.2, 0.25) is 0 Å². The molecule has 1 unspecified atom stereocenters. The maximum absolute atomic E-state index is 13.2. The van der Waals surface area contributed by atoms with Gasteiger partial charge in [-0.1, -0.05) is 13.0 Å². The van der Waals surface area contributed by atoms with Gasteiger partial charge in [-0.25, -0.2) is 4.39 Å². The number of carbonyl (C=O) groups is 1. The minimum atomic E-state index is -0.823. The molecule has 2 rings (SSSR count). The standard InChI is InChI=1S/C14H18FNO2/c1-2-7-16-14(9-13(17)18)6-5-10-8-11(15)3-4-12(10)14/h3-4,8,16H,2,5-7,9H2,1H3,(H,17,18). The van der Waals surface area contributed by atoms with E-state index in [1.54, 1.807) is 6.07 Å². The molecule has 0 radical (unpaired) electrons. The van der Waals surface area contributed by atoms with Gasteiger partial charge in [-0.3, -0.25) is 4.79 Å². The average Bonchev–Trinajstić information content (AvgIpc) is 2.64. The SMILES string of the molecule is CCCNC1(CC(=O)O)CCc2cc(F)ccc21. The highest BCUT2D eigenvalue weighted by atomic mass is 19.1. The van der Waals surface area contributed by atoms with Crippen LogP contribution in [0.3, 0.4) is 0 Å². The minimum Gasteiger partial charge on any atom is -0.481 e. The van der Waals surface area contributed by atoms with Crippen molar-refractivity contribution >= 4 is 5.97 Å². The smallest absolute Gasteiger partial charge is 0.305 e. The predicted molar refractivity (Wildman–Crippen MR) is 66.9 cm³/mol. The maximum atomic E-state index is 13.2. The first-order valence-corrected chi connectivity index (χ1v) is 6.33. The van der Waals surface area contributed by atoms with Crippen molar-refractivity contribution in [1.82, 2.24) is 5.32 Å². The predicted octanol–water partition coefficient (Wildman–Crippen LogP) is 2.44. The highest BCUT2D eigenvalue weighted by Crippen LogP contribution is 2.39. The summed E-state index contributed by atoms with van der Waals surface area (Å²) in [7, 11) is 0. The fourth-order valence-electron chi connectivity index (χ4n) is 2.77. The number of aliphatic carboxylic acids is 1. The Kier molecular flexibility index (Phi) is 3.66. The molecule has 1 atom stereocenters. The molecule has 3 nitrogen and oxygen atoms in total. The van der Waals surface area contributed by atoms with Gasteiger partial charge in [-0.2, -0.15) is 0 Å². The lowest BCUT2D eigenvalue weighted by atomic mass is 9.88.